The molecule has 0 fully saturated rings. The lowest BCUT2D eigenvalue weighted by Gasteiger charge is -2.16. The molecule has 0 saturated carbocycles. The number of carbonyl (C=O) groups is 1. The number of benzene rings is 3. The molecule has 4 rings (SSSR count). The van der Waals surface area contributed by atoms with Gasteiger partial charge in [0, 0.05) is 37.5 Å². The van der Waals surface area contributed by atoms with Crippen molar-refractivity contribution in [1.82, 2.24) is 0 Å². The molecule has 0 saturated heterocycles. The van der Waals surface area contributed by atoms with Gasteiger partial charge in [-0.3, -0.25) is 4.79 Å². The van der Waals surface area contributed by atoms with Crippen LogP contribution in [0.4, 0.5) is 8.78 Å². The van der Waals surface area contributed by atoms with Crippen LogP contribution in [0, 0.1) is 18.6 Å². The third kappa shape index (κ3) is 3.77. The predicted octanol–water partition coefficient (Wildman–Crippen LogP) is 7.16. The van der Waals surface area contributed by atoms with E-state index in [1.165, 1.54) is 23.5 Å². The van der Waals surface area contributed by atoms with Crippen molar-refractivity contribution in [2.24, 2.45) is 0 Å². The van der Waals surface area contributed by atoms with Crippen molar-refractivity contribution < 1.29 is 18.3 Å². The fourth-order valence-corrected chi connectivity index (χ4v) is 4.61. The van der Waals surface area contributed by atoms with Crippen molar-refractivity contribution in [1.29, 1.82) is 0 Å². The van der Waals surface area contributed by atoms with E-state index < -0.39 is 11.6 Å². The van der Waals surface area contributed by atoms with Gasteiger partial charge in [-0.15, -0.1) is 11.3 Å². The topological polar surface area (TPSA) is 26.3 Å². The number of aryl methyl sites for hydroxylation is 1. The van der Waals surface area contributed by atoms with Gasteiger partial charge >= 0.3 is 0 Å². The van der Waals surface area contributed by atoms with E-state index in [0.717, 1.165) is 16.2 Å². The zero-order valence-corrected chi connectivity index (χ0v) is 18.4. The van der Waals surface area contributed by atoms with Gasteiger partial charge in [-0.2, -0.15) is 0 Å². The standard InChI is InChI=1S/C24H17BrF2O2S/c1-14-11-15(29-10-9-25)12-18(17-6-4-7-20(26)23(17)27)22(14)24(28)19-13-30-21-8-3-2-5-16(19)21/h2-8,11-13H,9-10H2,1H3. The van der Waals surface area contributed by atoms with E-state index in [9.17, 15) is 13.6 Å². The number of alkyl halides is 1. The normalized spacial score (nSPS) is 11.1. The molecule has 0 atom stereocenters. The Kier molecular flexibility index (Phi) is 5.97. The third-order valence-electron chi connectivity index (χ3n) is 4.85. The SMILES string of the molecule is Cc1cc(OCCBr)cc(-c2cccc(F)c2F)c1C(=O)c1csc2ccccc12. The Morgan fingerprint density at radius 2 is 1.87 bits per heavy atom. The summed E-state index contributed by atoms with van der Waals surface area (Å²) in [4.78, 5) is 13.6. The molecule has 152 valence electrons. The summed E-state index contributed by atoms with van der Waals surface area (Å²) in [5.41, 5.74) is 1.88. The molecule has 0 spiro atoms. The Bertz CT molecular complexity index is 1250. The minimum Gasteiger partial charge on any atom is -0.493 e. The van der Waals surface area contributed by atoms with Crippen molar-refractivity contribution in [3.8, 4) is 16.9 Å². The average molecular weight is 487 g/mol. The van der Waals surface area contributed by atoms with E-state index >= 15 is 0 Å². The van der Waals surface area contributed by atoms with Crippen LogP contribution in [0.5, 0.6) is 5.75 Å². The average Bonchev–Trinajstić information content (AvgIpc) is 3.17. The van der Waals surface area contributed by atoms with Gasteiger partial charge in [0.05, 0.1) is 6.61 Å². The molecule has 0 aliphatic rings. The van der Waals surface area contributed by atoms with E-state index in [1.807, 2.05) is 29.6 Å². The van der Waals surface area contributed by atoms with Crippen molar-refractivity contribution in [2.45, 2.75) is 6.92 Å². The first-order chi connectivity index (χ1) is 14.5. The van der Waals surface area contributed by atoms with Crippen LogP contribution in [0.15, 0.2) is 60.0 Å². The molecule has 0 amide bonds. The van der Waals surface area contributed by atoms with Crippen LogP contribution in [-0.2, 0) is 0 Å². The summed E-state index contributed by atoms with van der Waals surface area (Å²) >= 11 is 4.79. The highest BCUT2D eigenvalue weighted by Gasteiger charge is 2.24. The van der Waals surface area contributed by atoms with Crippen molar-refractivity contribution >= 4 is 43.1 Å². The Balaban J connectivity index is 1.94. The quantitative estimate of drug-likeness (QED) is 0.213. The first-order valence-corrected chi connectivity index (χ1v) is 11.3. The Labute approximate surface area is 185 Å². The molecule has 0 aliphatic heterocycles. The Hall–Kier alpha value is -2.57. The highest BCUT2D eigenvalue weighted by molar-refractivity contribution is 9.09. The number of thiophene rings is 1. The van der Waals surface area contributed by atoms with Gasteiger partial charge < -0.3 is 4.74 Å². The monoisotopic (exact) mass is 486 g/mol. The van der Waals surface area contributed by atoms with Gasteiger partial charge in [-0.1, -0.05) is 46.3 Å². The summed E-state index contributed by atoms with van der Waals surface area (Å²) < 4.78 is 35.4. The second kappa shape index (κ2) is 8.66. The lowest BCUT2D eigenvalue weighted by atomic mass is 9.89. The summed E-state index contributed by atoms with van der Waals surface area (Å²) in [6, 6.07) is 15.0. The summed E-state index contributed by atoms with van der Waals surface area (Å²) in [5.74, 6) is -1.68. The van der Waals surface area contributed by atoms with Crippen molar-refractivity contribution in [3.63, 3.8) is 0 Å². The molecular weight excluding hydrogens is 470 g/mol. The lowest BCUT2D eigenvalue weighted by molar-refractivity contribution is 0.104. The van der Waals surface area contributed by atoms with Gasteiger partial charge in [0.15, 0.2) is 17.4 Å². The van der Waals surface area contributed by atoms with E-state index in [0.29, 0.717) is 39.9 Å². The fraction of sp³-hybridized carbons (Fsp3) is 0.125. The third-order valence-corrected chi connectivity index (χ3v) is 6.14. The van der Waals surface area contributed by atoms with Gasteiger partial charge in [-0.25, -0.2) is 8.78 Å². The zero-order valence-electron chi connectivity index (χ0n) is 16.0. The summed E-state index contributed by atoms with van der Waals surface area (Å²) in [7, 11) is 0. The van der Waals surface area contributed by atoms with Crippen LogP contribution in [0.3, 0.4) is 0 Å². The molecular formula is C24H17BrF2O2S. The molecule has 3 aromatic carbocycles. The summed E-state index contributed by atoms with van der Waals surface area (Å²) in [6.07, 6.45) is 0. The number of halogens is 3. The van der Waals surface area contributed by atoms with Crippen LogP contribution in [0.2, 0.25) is 0 Å². The summed E-state index contributed by atoms with van der Waals surface area (Å²) in [6.45, 7) is 2.19. The maximum absolute atomic E-state index is 14.7. The van der Waals surface area contributed by atoms with E-state index in [-0.39, 0.29) is 11.3 Å². The molecule has 0 N–H and O–H groups in total. The Morgan fingerprint density at radius 3 is 2.67 bits per heavy atom. The molecule has 0 radical (unpaired) electrons. The first kappa shape index (κ1) is 20.7. The molecule has 6 heteroatoms. The number of hydrogen-bond acceptors (Lipinski definition) is 3. The first-order valence-electron chi connectivity index (χ1n) is 9.30. The van der Waals surface area contributed by atoms with Gasteiger partial charge in [0.2, 0.25) is 0 Å². The molecule has 30 heavy (non-hydrogen) atoms. The summed E-state index contributed by atoms with van der Waals surface area (Å²) in [5, 5.41) is 3.28. The molecule has 0 unspecified atom stereocenters. The molecule has 0 bridgehead atoms. The number of hydrogen-bond donors (Lipinski definition) is 0. The van der Waals surface area contributed by atoms with Crippen molar-refractivity contribution in [2.75, 3.05) is 11.9 Å². The van der Waals surface area contributed by atoms with Crippen molar-refractivity contribution in [3.05, 3.63) is 88.3 Å². The number of carbonyl (C=O) groups excluding carboxylic acids is 1. The van der Waals surface area contributed by atoms with Crippen LogP contribution in [-0.4, -0.2) is 17.7 Å². The molecule has 1 aromatic heterocycles. The highest BCUT2D eigenvalue weighted by atomic mass is 79.9. The molecule has 0 aliphatic carbocycles. The minimum atomic E-state index is -0.987. The van der Waals surface area contributed by atoms with E-state index in [1.54, 1.807) is 19.1 Å². The lowest BCUT2D eigenvalue weighted by Crippen LogP contribution is -2.08. The largest absolute Gasteiger partial charge is 0.493 e. The van der Waals surface area contributed by atoms with E-state index in [2.05, 4.69) is 15.9 Å². The number of fused-ring (bicyclic) bond motifs is 1. The molecule has 4 aromatic rings. The van der Waals surface area contributed by atoms with Crippen LogP contribution >= 0.6 is 27.3 Å². The smallest absolute Gasteiger partial charge is 0.195 e. The number of ketones is 1. The minimum absolute atomic E-state index is 0.0327. The van der Waals surface area contributed by atoms with Crippen LogP contribution < -0.4 is 4.74 Å². The number of rotatable bonds is 6. The maximum atomic E-state index is 14.7. The Morgan fingerprint density at radius 1 is 1.07 bits per heavy atom. The van der Waals surface area contributed by atoms with Gasteiger partial charge in [0.1, 0.15) is 5.75 Å². The van der Waals surface area contributed by atoms with Crippen LogP contribution in [0.25, 0.3) is 21.2 Å². The maximum Gasteiger partial charge on any atom is 0.195 e. The molecule has 1 heterocycles. The zero-order chi connectivity index (χ0) is 21.3. The second-order valence-corrected chi connectivity index (χ2v) is 8.48. The predicted molar refractivity (Wildman–Crippen MR) is 121 cm³/mol. The van der Waals surface area contributed by atoms with Crippen LogP contribution in [0.1, 0.15) is 21.5 Å². The van der Waals surface area contributed by atoms with Gasteiger partial charge in [0.25, 0.3) is 0 Å². The highest BCUT2D eigenvalue weighted by Crippen LogP contribution is 2.36. The molecule has 2 nitrogen and oxygen atoms in total. The fourth-order valence-electron chi connectivity index (χ4n) is 3.51. The van der Waals surface area contributed by atoms with Gasteiger partial charge in [-0.05, 0) is 42.3 Å². The second-order valence-electron chi connectivity index (χ2n) is 6.78. The number of ether oxygens (including phenoxy) is 1. The van der Waals surface area contributed by atoms with E-state index in [4.69, 9.17) is 4.74 Å².